The number of aromatic amines is 1. The van der Waals surface area contributed by atoms with Crippen molar-refractivity contribution in [1.29, 1.82) is 0 Å². The van der Waals surface area contributed by atoms with E-state index in [9.17, 15) is 9.59 Å². The van der Waals surface area contributed by atoms with Gasteiger partial charge in [0.2, 0.25) is 11.8 Å². The summed E-state index contributed by atoms with van der Waals surface area (Å²) in [5.41, 5.74) is 2.92. The van der Waals surface area contributed by atoms with Crippen molar-refractivity contribution in [3.05, 3.63) is 42.1 Å². The quantitative estimate of drug-likeness (QED) is 0.866. The van der Waals surface area contributed by atoms with Crippen LogP contribution in [0.25, 0.3) is 11.3 Å². The van der Waals surface area contributed by atoms with Gasteiger partial charge in [-0.3, -0.25) is 19.6 Å². The Hall–Kier alpha value is -2.43. The van der Waals surface area contributed by atoms with Crippen LogP contribution in [0, 0.1) is 5.92 Å². The Balaban J connectivity index is 1.76. The lowest BCUT2D eigenvalue weighted by Gasteiger charge is -2.14. The van der Waals surface area contributed by atoms with Crippen LogP contribution >= 0.6 is 0 Å². The largest absolute Gasteiger partial charge is 0.278 e. The maximum Gasteiger partial charge on any atom is 0.232 e. The highest BCUT2D eigenvalue weighted by Gasteiger charge is 2.35. The monoisotopic (exact) mass is 269 g/mol. The van der Waals surface area contributed by atoms with Crippen molar-refractivity contribution < 1.29 is 9.59 Å². The van der Waals surface area contributed by atoms with Crippen LogP contribution < -0.4 is 0 Å². The molecule has 5 heteroatoms. The third kappa shape index (κ3) is 2.22. The lowest BCUT2D eigenvalue weighted by molar-refractivity contribution is -0.139. The topological polar surface area (TPSA) is 66.1 Å². The molecule has 1 fully saturated rings. The predicted octanol–water partition coefficient (Wildman–Crippen LogP) is 1.97. The molecule has 2 aromatic rings. The van der Waals surface area contributed by atoms with Gasteiger partial charge in [0.15, 0.2) is 0 Å². The summed E-state index contributed by atoms with van der Waals surface area (Å²) in [7, 11) is 0. The van der Waals surface area contributed by atoms with Crippen LogP contribution in [0.15, 0.2) is 36.5 Å². The van der Waals surface area contributed by atoms with E-state index in [1.54, 1.807) is 13.1 Å². The zero-order valence-corrected chi connectivity index (χ0v) is 11.2. The van der Waals surface area contributed by atoms with E-state index in [4.69, 9.17) is 0 Å². The van der Waals surface area contributed by atoms with Crippen LogP contribution in [0.2, 0.25) is 0 Å². The lowest BCUT2D eigenvalue weighted by Crippen LogP contribution is -2.29. The van der Waals surface area contributed by atoms with Crippen LogP contribution in [0.3, 0.4) is 0 Å². The highest BCUT2D eigenvalue weighted by atomic mass is 16.2. The number of aromatic nitrogens is 2. The number of nitrogens with zero attached hydrogens (tertiary/aromatic N) is 2. The van der Waals surface area contributed by atoms with E-state index in [0.29, 0.717) is 13.0 Å². The minimum absolute atomic E-state index is 0.0763. The van der Waals surface area contributed by atoms with Gasteiger partial charge in [0.05, 0.1) is 12.2 Å². The summed E-state index contributed by atoms with van der Waals surface area (Å²) >= 11 is 0. The SMILES string of the molecule is CC1CC(=O)N(Cc2ccc(-c3ccn[nH]3)cc2)C1=O. The second-order valence-corrected chi connectivity index (χ2v) is 5.09. The number of nitrogens with one attached hydrogen (secondary N) is 1. The Morgan fingerprint density at radius 2 is 2.00 bits per heavy atom. The van der Waals surface area contributed by atoms with Crippen molar-refractivity contribution in [2.24, 2.45) is 5.92 Å². The van der Waals surface area contributed by atoms with E-state index in [2.05, 4.69) is 10.2 Å². The fourth-order valence-corrected chi connectivity index (χ4v) is 2.40. The molecule has 20 heavy (non-hydrogen) atoms. The Morgan fingerprint density at radius 1 is 1.25 bits per heavy atom. The van der Waals surface area contributed by atoms with Gasteiger partial charge < -0.3 is 0 Å². The molecule has 3 rings (SSSR count). The first kappa shape index (κ1) is 12.6. The first-order chi connectivity index (χ1) is 9.65. The number of carbonyl (C=O) groups excluding carboxylic acids is 2. The summed E-state index contributed by atoms with van der Waals surface area (Å²) < 4.78 is 0. The highest BCUT2D eigenvalue weighted by Crippen LogP contribution is 2.22. The average Bonchev–Trinajstić information content (AvgIpc) is 3.05. The van der Waals surface area contributed by atoms with Crippen molar-refractivity contribution in [3.63, 3.8) is 0 Å². The molecule has 0 radical (unpaired) electrons. The fourth-order valence-electron chi connectivity index (χ4n) is 2.40. The van der Waals surface area contributed by atoms with E-state index in [-0.39, 0.29) is 17.7 Å². The Morgan fingerprint density at radius 3 is 2.55 bits per heavy atom. The van der Waals surface area contributed by atoms with Crippen LogP contribution in [0.1, 0.15) is 18.9 Å². The van der Waals surface area contributed by atoms with Gasteiger partial charge >= 0.3 is 0 Å². The summed E-state index contributed by atoms with van der Waals surface area (Å²) in [6.07, 6.45) is 2.03. The number of hydrogen-bond acceptors (Lipinski definition) is 3. The third-order valence-electron chi connectivity index (χ3n) is 3.58. The summed E-state index contributed by atoms with van der Waals surface area (Å²) in [6, 6.07) is 9.66. The van der Waals surface area contributed by atoms with Crippen molar-refractivity contribution in [3.8, 4) is 11.3 Å². The first-order valence-corrected chi connectivity index (χ1v) is 6.58. The first-order valence-electron chi connectivity index (χ1n) is 6.58. The van der Waals surface area contributed by atoms with Gasteiger partial charge in [0, 0.05) is 18.5 Å². The molecular weight excluding hydrogens is 254 g/mol. The minimum atomic E-state index is -0.188. The van der Waals surface area contributed by atoms with Gasteiger partial charge in [-0.2, -0.15) is 5.10 Å². The molecular formula is C15H15N3O2. The van der Waals surface area contributed by atoms with Gasteiger partial charge in [0.25, 0.3) is 0 Å². The second-order valence-electron chi connectivity index (χ2n) is 5.09. The van der Waals surface area contributed by atoms with Crippen molar-refractivity contribution >= 4 is 11.8 Å². The summed E-state index contributed by atoms with van der Waals surface area (Å²) in [6.45, 7) is 2.15. The molecule has 1 atom stereocenters. The second kappa shape index (κ2) is 4.92. The molecule has 2 amide bonds. The van der Waals surface area contributed by atoms with E-state index in [1.807, 2.05) is 30.3 Å². The summed E-state index contributed by atoms with van der Waals surface area (Å²) in [5, 5.41) is 6.81. The molecule has 5 nitrogen and oxygen atoms in total. The number of hydrogen-bond donors (Lipinski definition) is 1. The number of rotatable bonds is 3. The van der Waals surface area contributed by atoms with Gasteiger partial charge in [0.1, 0.15) is 0 Å². The van der Waals surface area contributed by atoms with Gasteiger partial charge in [-0.05, 0) is 17.2 Å². The smallest absolute Gasteiger partial charge is 0.232 e. The number of amides is 2. The molecule has 0 saturated carbocycles. The molecule has 0 spiro atoms. The van der Waals surface area contributed by atoms with E-state index in [1.165, 1.54) is 4.90 Å². The molecule has 1 aromatic heterocycles. The van der Waals surface area contributed by atoms with Crippen LogP contribution in [0.5, 0.6) is 0 Å². The molecule has 1 unspecified atom stereocenters. The Bertz CT molecular complexity index is 632. The normalized spacial score (nSPS) is 18.9. The van der Waals surface area contributed by atoms with Crippen molar-refractivity contribution in [1.82, 2.24) is 15.1 Å². The number of H-pyrrole nitrogens is 1. The zero-order chi connectivity index (χ0) is 14.1. The molecule has 102 valence electrons. The molecule has 1 aliphatic rings. The zero-order valence-electron chi connectivity index (χ0n) is 11.2. The Kier molecular flexibility index (Phi) is 3.10. The maximum atomic E-state index is 11.9. The highest BCUT2D eigenvalue weighted by molar-refractivity contribution is 6.03. The standard InChI is InChI=1S/C15H15N3O2/c1-10-8-14(19)18(15(10)20)9-11-2-4-12(5-3-11)13-6-7-16-17-13/h2-7,10H,8-9H2,1H3,(H,16,17). The van der Waals surface area contributed by atoms with Crippen LogP contribution in [-0.2, 0) is 16.1 Å². The Labute approximate surface area is 116 Å². The number of carbonyl (C=O) groups is 2. The van der Waals surface area contributed by atoms with Crippen LogP contribution in [-0.4, -0.2) is 26.9 Å². The summed E-state index contributed by atoms with van der Waals surface area (Å²) in [5.74, 6) is -0.348. The fraction of sp³-hybridized carbons (Fsp3) is 0.267. The van der Waals surface area contributed by atoms with E-state index < -0.39 is 0 Å². The van der Waals surface area contributed by atoms with Crippen LogP contribution in [0.4, 0.5) is 0 Å². The average molecular weight is 269 g/mol. The molecule has 1 aromatic carbocycles. The molecule has 1 N–H and O–H groups in total. The van der Waals surface area contributed by atoms with Gasteiger partial charge in [-0.15, -0.1) is 0 Å². The third-order valence-corrected chi connectivity index (χ3v) is 3.58. The summed E-state index contributed by atoms with van der Waals surface area (Å²) in [4.78, 5) is 25.0. The lowest BCUT2D eigenvalue weighted by atomic mass is 10.1. The maximum absolute atomic E-state index is 11.9. The molecule has 0 bridgehead atoms. The van der Waals surface area contributed by atoms with Gasteiger partial charge in [-0.25, -0.2) is 0 Å². The van der Waals surface area contributed by atoms with Crippen molar-refractivity contribution in [2.75, 3.05) is 0 Å². The molecule has 2 heterocycles. The van der Waals surface area contributed by atoms with E-state index >= 15 is 0 Å². The number of benzene rings is 1. The number of imide groups is 1. The predicted molar refractivity (Wildman–Crippen MR) is 73.4 cm³/mol. The van der Waals surface area contributed by atoms with E-state index in [0.717, 1.165) is 16.8 Å². The van der Waals surface area contributed by atoms with Crippen molar-refractivity contribution in [2.45, 2.75) is 19.9 Å². The number of likely N-dealkylation sites (tertiary alicyclic amines) is 1. The molecule has 0 aliphatic carbocycles. The molecule has 1 aliphatic heterocycles. The van der Waals surface area contributed by atoms with Gasteiger partial charge in [-0.1, -0.05) is 31.2 Å². The minimum Gasteiger partial charge on any atom is -0.278 e. The molecule has 1 saturated heterocycles.